The highest BCUT2D eigenvalue weighted by Gasteiger charge is 2.16. The normalized spacial score (nSPS) is 10.8. The molecule has 1 N–H and O–H groups in total. The van der Waals surface area contributed by atoms with Crippen LogP contribution in [-0.4, -0.2) is 20.6 Å². The predicted molar refractivity (Wildman–Crippen MR) is 65.0 cm³/mol. The molecular formula is C13H14N2O2. The highest BCUT2D eigenvalue weighted by atomic mass is 16.4. The summed E-state index contributed by atoms with van der Waals surface area (Å²) >= 11 is 0. The van der Waals surface area contributed by atoms with Crippen molar-refractivity contribution >= 4 is 5.97 Å². The fraction of sp³-hybridized carbons (Fsp3) is 0.231. The largest absolute Gasteiger partial charge is 0.477 e. The molecule has 0 aromatic carbocycles. The van der Waals surface area contributed by atoms with E-state index in [4.69, 9.17) is 5.11 Å². The molecule has 17 heavy (non-hydrogen) atoms. The van der Waals surface area contributed by atoms with Crippen LogP contribution in [0.2, 0.25) is 0 Å². The molecule has 0 unspecified atom stereocenters. The Bertz CT molecular complexity index is 530. The van der Waals surface area contributed by atoms with Gasteiger partial charge in [-0.3, -0.25) is 4.98 Å². The molecule has 4 nitrogen and oxygen atoms in total. The lowest BCUT2D eigenvalue weighted by Gasteiger charge is -2.15. The second-order valence-corrected chi connectivity index (χ2v) is 4.11. The molecule has 0 saturated carbocycles. The van der Waals surface area contributed by atoms with Gasteiger partial charge in [0.05, 0.1) is 5.69 Å². The van der Waals surface area contributed by atoms with Gasteiger partial charge in [-0.25, -0.2) is 4.79 Å². The Hall–Kier alpha value is -2.10. The Balaban J connectivity index is 2.60. The first-order valence-corrected chi connectivity index (χ1v) is 5.46. The molecule has 0 radical (unpaired) electrons. The number of carbonyl (C=O) groups is 1. The average molecular weight is 230 g/mol. The van der Waals surface area contributed by atoms with Crippen molar-refractivity contribution in [3.63, 3.8) is 0 Å². The van der Waals surface area contributed by atoms with E-state index in [2.05, 4.69) is 4.98 Å². The van der Waals surface area contributed by atoms with E-state index in [1.807, 2.05) is 32.0 Å². The fourth-order valence-electron chi connectivity index (χ4n) is 1.93. The number of pyridine rings is 1. The van der Waals surface area contributed by atoms with E-state index in [1.54, 1.807) is 23.0 Å². The summed E-state index contributed by atoms with van der Waals surface area (Å²) in [5, 5.41) is 9.14. The monoisotopic (exact) mass is 230 g/mol. The third-order valence-electron chi connectivity index (χ3n) is 2.61. The topological polar surface area (TPSA) is 55.1 Å². The average Bonchev–Trinajstić information content (AvgIpc) is 2.74. The van der Waals surface area contributed by atoms with E-state index in [1.165, 1.54) is 0 Å². The van der Waals surface area contributed by atoms with Crippen molar-refractivity contribution in [2.24, 2.45) is 0 Å². The molecule has 0 amide bonds. The van der Waals surface area contributed by atoms with Crippen LogP contribution in [0.1, 0.15) is 30.4 Å². The molecule has 2 heterocycles. The Morgan fingerprint density at radius 1 is 1.35 bits per heavy atom. The summed E-state index contributed by atoms with van der Waals surface area (Å²) in [4.78, 5) is 15.2. The van der Waals surface area contributed by atoms with Crippen molar-refractivity contribution in [1.82, 2.24) is 9.55 Å². The number of hydrogen-bond acceptors (Lipinski definition) is 2. The first-order valence-electron chi connectivity index (χ1n) is 5.46. The van der Waals surface area contributed by atoms with Crippen LogP contribution in [0.15, 0.2) is 36.7 Å². The minimum Gasteiger partial charge on any atom is -0.477 e. The van der Waals surface area contributed by atoms with Gasteiger partial charge in [-0.15, -0.1) is 0 Å². The third kappa shape index (κ3) is 2.06. The van der Waals surface area contributed by atoms with E-state index in [-0.39, 0.29) is 6.04 Å². The lowest BCUT2D eigenvalue weighted by atomic mass is 10.2. The van der Waals surface area contributed by atoms with Gasteiger partial charge in [0.15, 0.2) is 0 Å². The molecule has 2 aromatic rings. The van der Waals surface area contributed by atoms with Gasteiger partial charge in [-0.1, -0.05) is 0 Å². The summed E-state index contributed by atoms with van der Waals surface area (Å²) in [6.45, 7) is 3.93. The minimum atomic E-state index is -0.908. The summed E-state index contributed by atoms with van der Waals surface area (Å²) in [5.74, 6) is -0.908. The first-order chi connectivity index (χ1) is 8.11. The molecule has 4 heteroatoms. The number of carboxylic acids is 1. The molecule has 0 spiro atoms. The molecule has 2 rings (SSSR count). The molecule has 0 atom stereocenters. The van der Waals surface area contributed by atoms with Crippen LogP contribution in [-0.2, 0) is 0 Å². The molecule has 0 aliphatic carbocycles. The standard InChI is InChI=1S/C13H14N2O2/c1-9(2)15-11(5-6-12(15)13(16)17)10-4-3-7-14-8-10/h3-9H,1-2H3,(H,16,17). The summed E-state index contributed by atoms with van der Waals surface area (Å²) in [7, 11) is 0. The van der Waals surface area contributed by atoms with E-state index in [9.17, 15) is 4.79 Å². The summed E-state index contributed by atoms with van der Waals surface area (Å²) in [6.07, 6.45) is 3.43. The van der Waals surface area contributed by atoms with E-state index in [0.717, 1.165) is 11.3 Å². The molecular weight excluding hydrogens is 216 g/mol. The Kier molecular flexibility index (Phi) is 2.95. The summed E-state index contributed by atoms with van der Waals surface area (Å²) < 4.78 is 1.80. The second-order valence-electron chi connectivity index (χ2n) is 4.11. The van der Waals surface area contributed by atoms with Gasteiger partial charge in [0.25, 0.3) is 0 Å². The molecule has 0 aliphatic heterocycles. The van der Waals surface area contributed by atoms with Crippen molar-refractivity contribution in [3.8, 4) is 11.3 Å². The maximum Gasteiger partial charge on any atom is 0.352 e. The zero-order chi connectivity index (χ0) is 12.4. The Labute approximate surface area is 99.5 Å². The Morgan fingerprint density at radius 3 is 2.65 bits per heavy atom. The SMILES string of the molecule is CC(C)n1c(C(=O)O)ccc1-c1cccnc1. The van der Waals surface area contributed by atoms with Crippen molar-refractivity contribution in [2.45, 2.75) is 19.9 Å². The Morgan fingerprint density at radius 2 is 2.12 bits per heavy atom. The van der Waals surface area contributed by atoms with Crippen LogP contribution in [0.5, 0.6) is 0 Å². The third-order valence-corrected chi connectivity index (χ3v) is 2.61. The lowest BCUT2D eigenvalue weighted by Crippen LogP contribution is -2.11. The highest BCUT2D eigenvalue weighted by Crippen LogP contribution is 2.25. The number of aromatic carboxylic acids is 1. The van der Waals surface area contributed by atoms with E-state index in [0.29, 0.717) is 5.69 Å². The zero-order valence-corrected chi connectivity index (χ0v) is 9.79. The summed E-state index contributed by atoms with van der Waals surface area (Å²) in [5.41, 5.74) is 2.11. The van der Waals surface area contributed by atoms with Crippen molar-refractivity contribution in [1.29, 1.82) is 0 Å². The lowest BCUT2D eigenvalue weighted by molar-refractivity contribution is 0.0683. The van der Waals surface area contributed by atoms with Crippen molar-refractivity contribution < 1.29 is 9.90 Å². The molecule has 0 bridgehead atoms. The molecule has 0 fully saturated rings. The predicted octanol–water partition coefficient (Wildman–Crippen LogP) is 2.83. The first kappa shape index (κ1) is 11.4. The van der Waals surface area contributed by atoms with Gasteiger partial charge in [0.1, 0.15) is 5.69 Å². The van der Waals surface area contributed by atoms with Gasteiger partial charge in [0.2, 0.25) is 0 Å². The fourth-order valence-corrected chi connectivity index (χ4v) is 1.93. The van der Waals surface area contributed by atoms with Crippen LogP contribution in [0, 0.1) is 0 Å². The highest BCUT2D eigenvalue weighted by molar-refractivity contribution is 5.87. The van der Waals surface area contributed by atoms with E-state index >= 15 is 0 Å². The number of carboxylic acid groups (broad SMARTS) is 1. The van der Waals surface area contributed by atoms with Crippen molar-refractivity contribution in [3.05, 3.63) is 42.4 Å². The van der Waals surface area contributed by atoms with Gasteiger partial charge in [-0.2, -0.15) is 0 Å². The van der Waals surface area contributed by atoms with Gasteiger partial charge >= 0.3 is 5.97 Å². The van der Waals surface area contributed by atoms with E-state index < -0.39 is 5.97 Å². The van der Waals surface area contributed by atoms with Gasteiger partial charge in [0, 0.05) is 24.0 Å². The second kappa shape index (κ2) is 4.41. The maximum absolute atomic E-state index is 11.1. The molecule has 0 aliphatic rings. The van der Waals surface area contributed by atoms with Crippen LogP contribution in [0.25, 0.3) is 11.3 Å². The number of hydrogen-bond donors (Lipinski definition) is 1. The van der Waals surface area contributed by atoms with Crippen LogP contribution in [0.4, 0.5) is 0 Å². The van der Waals surface area contributed by atoms with Crippen LogP contribution >= 0.6 is 0 Å². The summed E-state index contributed by atoms with van der Waals surface area (Å²) in [6, 6.07) is 7.30. The number of rotatable bonds is 3. The number of aromatic nitrogens is 2. The van der Waals surface area contributed by atoms with Gasteiger partial charge < -0.3 is 9.67 Å². The maximum atomic E-state index is 11.1. The van der Waals surface area contributed by atoms with Crippen LogP contribution in [0.3, 0.4) is 0 Å². The molecule has 2 aromatic heterocycles. The zero-order valence-electron chi connectivity index (χ0n) is 9.79. The van der Waals surface area contributed by atoms with Gasteiger partial charge in [-0.05, 0) is 38.1 Å². The molecule has 0 saturated heterocycles. The number of nitrogens with zero attached hydrogens (tertiary/aromatic N) is 2. The van der Waals surface area contributed by atoms with Crippen molar-refractivity contribution in [2.75, 3.05) is 0 Å². The minimum absolute atomic E-state index is 0.0892. The smallest absolute Gasteiger partial charge is 0.352 e. The molecule has 88 valence electrons. The quantitative estimate of drug-likeness (QED) is 0.882. The van der Waals surface area contributed by atoms with Crippen LogP contribution < -0.4 is 0 Å².